The van der Waals surface area contributed by atoms with Gasteiger partial charge >= 0.3 is 15.6 Å². The van der Waals surface area contributed by atoms with Gasteiger partial charge in [0.2, 0.25) is 0 Å². The van der Waals surface area contributed by atoms with E-state index in [1.165, 1.54) is 0 Å². The van der Waals surface area contributed by atoms with Crippen LogP contribution in [-0.2, 0) is 31.6 Å². The van der Waals surface area contributed by atoms with Crippen molar-refractivity contribution in [2.75, 3.05) is 6.61 Å². The van der Waals surface area contributed by atoms with E-state index in [-0.39, 0.29) is 12.8 Å². The molecule has 5 atom stereocenters. The van der Waals surface area contributed by atoms with Crippen molar-refractivity contribution in [1.29, 1.82) is 5.41 Å². The molecule has 3 unspecified atom stereocenters. The molecule has 28 heavy (non-hydrogen) atoms. The van der Waals surface area contributed by atoms with E-state index in [4.69, 9.17) is 19.9 Å². The summed E-state index contributed by atoms with van der Waals surface area (Å²) in [5.41, 5.74) is -0.848. The normalized spacial score (nSPS) is 26.3. The van der Waals surface area contributed by atoms with Gasteiger partial charge in [-0.15, -0.1) is 0 Å². The van der Waals surface area contributed by atoms with Crippen LogP contribution in [-0.4, -0.2) is 36.9 Å². The Hall–Kier alpha value is -1.02. The topological polar surface area (TPSA) is 237 Å². The van der Waals surface area contributed by atoms with Crippen LogP contribution in [0.15, 0.2) is 6.20 Å². The van der Waals surface area contributed by atoms with Gasteiger partial charge in [-0.05, 0) is 12.8 Å². The molecule has 15 nitrogen and oxygen atoms in total. The van der Waals surface area contributed by atoms with E-state index >= 15 is 0 Å². The lowest BCUT2D eigenvalue weighted by molar-refractivity contribution is -0.291. The summed E-state index contributed by atoms with van der Waals surface area (Å²) in [6.07, 6.45) is -0.978. The minimum Gasteiger partial charge on any atom is -0.846 e. The molecule has 2 heterocycles. The zero-order valence-corrected chi connectivity index (χ0v) is 16.2. The number of phosphoric acid groups is 3. The Labute approximate surface area is 155 Å². The summed E-state index contributed by atoms with van der Waals surface area (Å²) in [7, 11) is -16.8. The van der Waals surface area contributed by atoms with E-state index in [1.807, 2.05) is 0 Å². The van der Waals surface area contributed by atoms with E-state index in [0.29, 0.717) is 6.20 Å². The van der Waals surface area contributed by atoms with Crippen LogP contribution < -0.4 is 15.5 Å². The van der Waals surface area contributed by atoms with Crippen molar-refractivity contribution in [3.8, 4) is 6.01 Å². The largest absolute Gasteiger partial charge is 0.846 e. The number of aromatic nitrogens is 2. The van der Waals surface area contributed by atoms with E-state index in [0.717, 1.165) is 4.57 Å². The van der Waals surface area contributed by atoms with Crippen LogP contribution in [0.25, 0.3) is 0 Å². The van der Waals surface area contributed by atoms with E-state index in [1.54, 1.807) is 0 Å². The lowest BCUT2D eigenvalue weighted by Crippen LogP contribution is -2.24. The molecule has 0 radical (unpaired) electrons. The molecule has 0 spiro atoms. The van der Waals surface area contributed by atoms with E-state index in [9.17, 15) is 33.0 Å². The molecule has 4 N–H and O–H groups in total. The predicted molar refractivity (Wildman–Crippen MR) is 78.2 cm³/mol. The second-order valence-electron chi connectivity index (χ2n) is 5.28. The van der Waals surface area contributed by atoms with Gasteiger partial charge in [-0.2, -0.15) is 4.31 Å². The van der Waals surface area contributed by atoms with Gasteiger partial charge in [0.1, 0.15) is 6.23 Å². The quantitative estimate of drug-likeness (QED) is 0.335. The van der Waals surface area contributed by atoms with Crippen LogP contribution in [0.1, 0.15) is 19.1 Å². The maximum absolute atomic E-state index is 13.4. The molecule has 0 saturated carbocycles. The maximum atomic E-state index is 13.4. The van der Waals surface area contributed by atoms with Crippen molar-refractivity contribution in [3.63, 3.8) is 0 Å². The number of phosphoric ester groups is 1. The molecule has 0 bridgehead atoms. The number of nitrogens with zero attached hydrogens (tertiary/aromatic N) is 2. The van der Waals surface area contributed by atoms with Crippen molar-refractivity contribution < 1.29 is 60.6 Å². The molecule has 1 aliphatic rings. The highest BCUT2D eigenvalue weighted by atomic mass is 31.3. The number of hydrogen-bond donors (Lipinski definition) is 4. The summed E-state index contributed by atoms with van der Waals surface area (Å²) in [5.74, 6) is -1.07. The molecule has 1 fully saturated rings. The van der Waals surface area contributed by atoms with Gasteiger partial charge in [0, 0.05) is 6.20 Å². The third kappa shape index (κ3) is 6.79. The molecule has 19 heteroatoms. The molecule has 2 rings (SSSR count). The number of nitrogens with one attached hydrogen (secondary N) is 1. The standard InChI is InChI=1S/C9H15FN3O12P3/c10-6-3-13(9(14)12-8(6)11)7-2-1-5(23-7)4-22-27(18,19)25-28(20,21)24-26(15,16)17/h3,5,7H,1-2,4H2,(H,18,19)(H,20,21)(H2,11,12,14)(H2,15,16,17)/p-2/t5-,7-/m0/s1. The molecule has 0 aromatic carbocycles. The lowest BCUT2D eigenvalue weighted by atomic mass is 10.2. The van der Waals surface area contributed by atoms with Crippen LogP contribution in [0.5, 0.6) is 6.01 Å². The van der Waals surface area contributed by atoms with Crippen molar-refractivity contribution in [2.24, 2.45) is 0 Å². The second-order valence-corrected chi connectivity index (χ2v) is 9.66. The molecular formula is C9H13FN3O12P3-2. The highest BCUT2D eigenvalue weighted by Gasteiger charge is 2.39. The lowest BCUT2D eigenvalue weighted by Gasteiger charge is -2.23. The smallest absolute Gasteiger partial charge is 0.487 e. The van der Waals surface area contributed by atoms with E-state index < -0.39 is 59.7 Å². The summed E-state index contributed by atoms with van der Waals surface area (Å²) in [6, 6.07) is -0.960. The number of rotatable bonds is 8. The maximum Gasteiger partial charge on any atom is 0.487 e. The Morgan fingerprint density at radius 2 is 1.93 bits per heavy atom. The third-order valence-corrected chi connectivity index (χ3v) is 6.92. The van der Waals surface area contributed by atoms with Crippen molar-refractivity contribution in [2.45, 2.75) is 25.2 Å². The number of hydrogen-bond acceptors (Lipinski definition) is 11. The van der Waals surface area contributed by atoms with Crippen LogP contribution in [0, 0.1) is 11.2 Å². The zero-order valence-electron chi connectivity index (χ0n) is 13.5. The molecule has 1 aromatic heterocycles. The van der Waals surface area contributed by atoms with Crippen LogP contribution >= 0.6 is 23.5 Å². The number of halogens is 1. The molecule has 1 saturated heterocycles. The molecular weight excluding hydrogens is 454 g/mol. The van der Waals surface area contributed by atoms with Crippen molar-refractivity contribution in [3.05, 3.63) is 17.5 Å². The SMILES string of the molecule is N=c1nc([O-])n([C@@H]2CC[C@@H](COP(=O)(O)OP(=O)(O)OP(=O)([O-])O)O2)cc1F. The molecule has 0 amide bonds. The molecule has 1 aromatic rings. The van der Waals surface area contributed by atoms with Gasteiger partial charge in [-0.25, -0.2) is 22.8 Å². The molecule has 1 aliphatic heterocycles. The summed E-state index contributed by atoms with van der Waals surface area (Å²) >= 11 is 0. The minimum atomic E-state index is -5.75. The van der Waals surface area contributed by atoms with Crippen LogP contribution in [0.3, 0.4) is 0 Å². The first kappa shape index (κ1) is 23.3. The Bertz CT molecular complexity index is 933. The summed E-state index contributed by atoms with van der Waals surface area (Å²) < 4.78 is 64.0. The zero-order chi connectivity index (χ0) is 21.3. The fraction of sp³-hybridized carbons (Fsp3) is 0.556. The fourth-order valence-electron chi connectivity index (χ4n) is 2.14. The van der Waals surface area contributed by atoms with Gasteiger partial charge in [0.05, 0.1) is 18.7 Å². The molecule has 160 valence electrons. The van der Waals surface area contributed by atoms with Gasteiger partial charge < -0.3 is 34.0 Å². The van der Waals surface area contributed by atoms with Gasteiger partial charge in [-0.1, -0.05) is 0 Å². The van der Waals surface area contributed by atoms with E-state index in [2.05, 4.69) is 18.1 Å². The van der Waals surface area contributed by atoms with Gasteiger partial charge in [0.25, 0.3) is 7.82 Å². The third-order valence-electron chi connectivity index (χ3n) is 3.14. The average molecular weight is 467 g/mol. The average Bonchev–Trinajstić information content (AvgIpc) is 2.94. The monoisotopic (exact) mass is 467 g/mol. The summed E-state index contributed by atoms with van der Waals surface area (Å²) in [6.45, 7) is -0.709. The Morgan fingerprint density at radius 3 is 2.54 bits per heavy atom. The first-order chi connectivity index (χ1) is 12.7. The second kappa shape index (κ2) is 8.38. The minimum absolute atomic E-state index is 0.133. The fourth-order valence-corrected chi connectivity index (χ4v) is 5.16. The Morgan fingerprint density at radius 1 is 1.29 bits per heavy atom. The van der Waals surface area contributed by atoms with Gasteiger partial charge in [-0.3, -0.25) is 14.5 Å². The number of ether oxygens (including phenoxy) is 1. The van der Waals surface area contributed by atoms with Crippen molar-refractivity contribution >= 4 is 23.5 Å². The van der Waals surface area contributed by atoms with Crippen LogP contribution in [0.4, 0.5) is 4.39 Å². The predicted octanol–water partition coefficient (Wildman–Crippen LogP) is -1.04. The highest BCUT2D eigenvalue weighted by Crippen LogP contribution is 2.65. The Kier molecular flexibility index (Phi) is 6.96. The highest BCUT2D eigenvalue weighted by molar-refractivity contribution is 7.66. The Balaban J connectivity index is 1.94. The summed E-state index contributed by atoms with van der Waals surface area (Å²) in [5, 5.41) is 18.8. The first-order valence-corrected chi connectivity index (χ1v) is 11.6. The molecule has 0 aliphatic carbocycles. The van der Waals surface area contributed by atoms with Crippen LogP contribution in [0.2, 0.25) is 0 Å². The van der Waals surface area contributed by atoms with Gasteiger partial charge in [0.15, 0.2) is 11.3 Å². The first-order valence-electron chi connectivity index (χ1n) is 7.10. The van der Waals surface area contributed by atoms with Crippen molar-refractivity contribution in [1.82, 2.24) is 9.55 Å². The summed E-state index contributed by atoms with van der Waals surface area (Å²) in [4.78, 5) is 40.2.